The Morgan fingerprint density at radius 3 is 2.50 bits per heavy atom. The van der Waals surface area contributed by atoms with Crippen LogP contribution in [0, 0.1) is 5.92 Å². The van der Waals surface area contributed by atoms with E-state index in [4.69, 9.17) is 0 Å². The van der Waals surface area contributed by atoms with Gasteiger partial charge in [-0.25, -0.2) is 0 Å². The first-order valence-corrected chi connectivity index (χ1v) is 9.58. The second kappa shape index (κ2) is 9.87. The SMILES string of the molecule is CCCCN(C)C(=NC)NCCN1CCN(C(=O)C2CCC2)CC1. The molecule has 6 nitrogen and oxygen atoms in total. The first-order chi connectivity index (χ1) is 11.7. The molecular formula is C18H35N5O. The number of carbonyl (C=O) groups excluding carboxylic acids is 1. The lowest BCUT2D eigenvalue weighted by atomic mass is 9.84. The zero-order chi connectivity index (χ0) is 17.4. The highest BCUT2D eigenvalue weighted by molar-refractivity contribution is 5.80. The molecule has 1 N–H and O–H groups in total. The lowest BCUT2D eigenvalue weighted by Gasteiger charge is -2.38. The van der Waals surface area contributed by atoms with Crippen LogP contribution in [0.3, 0.4) is 0 Å². The molecule has 138 valence electrons. The smallest absolute Gasteiger partial charge is 0.225 e. The molecule has 0 unspecified atom stereocenters. The summed E-state index contributed by atoms with van der Waals surface area (Å²) in [6.07, 6.45) is 5.83. The molecule has 1 aliphatic heterocycles. The Labute approximate surface area is 147 Å². The molecule has 24 heavy (non-hydrogen) atoms. The molecule has 2 rings (SSSR count). The van der Waals surface area contributed by atoms with Gasteiger partial charge in [-0.15, -0.1) is 0 Å². The molecule has 0 aromatic carbocycles. The topological polar surface area (TPSA) is 51.2 Å². The van der Waals surface area contributed by atoms with Gasteiger partial charge in [0, 0.05) is 65.8 Å². The van der Waals surface area contributed by atoms with Gasteiger partial charge in [0.05, 0.1) is 0 Å². The molecule has 0 bridgehead atoms. The van der Waals surface area contributed by atoms with E-state index in [1.54, 1.807) is 0 Å². The van der Waals surface area contributed by atoms with E-state index in [0.717, 1.165) is 64.6 Å². The molecule has 6 heteroatoms. The molecule has 1 saturated carbocycles. The molecule has 0 aromatic heterocycles. The molecule has 2 aliphatic rings. The highest BCUT2D eigenvalue weighted by Gasteiger charge is 2.30. The van der Waals surface area contributed by atoms with E-state index < -0.39 is 0 Å². The lowest BCUT2D eigenvalue weighted by molar-refractivity contribution is -0.139. The number of amides is 1. The van der Waals surface area contributed by atoms with Crippen LogP contribution >= 0.6 is 0 Å². The second-order valence-corrected chi connectivity index (χ2v) is 7.04. The number of hydrogen-bond acceptors (Lipinski definition) is 3. The average molecular weight is 338 g/mol. The second-order valence-electron chi connectivity index (χ2n) is 7.04. The fraction of sp³-hybridized carbons (Fsp3) is 0.889. The summed E-state index contributed by atoms with van der Waals surface area (Å²) in [5.74, 6) is 1.71. The van der Waals surface area contributed by atoms with Crippen molar-refractivity contribution < 1.29 is 4.79 Å². The third-order valence-electron chi connectivity index (χ3n) is 5.27. The standard InChI is InChI=1S/C18H35N5O/c1-4-5-10-21(3)18(19-2)20-9-11-22-12-14-23(15-13-22)17(24)16-7-6-8-16/h16H,4-15H2,1-3H3,(H,19,20). The summed E-state index contributed by atoms with van der Waals surface area (Å²) in [5, 5.41) is 3.45. The van der Waals surface area contributed by atoms with Crippen molar-refractivity contribution in [1.82, 2.24) is 20.0 Å². The number of nitrogens with zero attached hydrogens (tertiary/aromatic N) is 4. The number of unbranched alkanes of at least 4 members (excludes halogenated alkanes) is 1. The van der Waals surface area contributed by atoms with Gasteiger partial charge in [-0.2, -0.15) is 0 Å². The van der Waals surface area contributed by atoms with E-state index >= 15 is 0 Å². The Bertz CT molecular complexity index is 414. The minimum atomic E-state index is 0.334. The fourth-order valence-electron chi connectivity index (χ4n) is 3.32. The van der Waals surface area contributed by atoms with Crippen molar-refractivity contribution in [3.05, 3.63) is 0 Å². The highest BCUT2D eigenvalue weighted by Crippen LogP contribution is 2.28. The first-order valence-electron chi connectivity index (χ1n) is 9.58. The van der Waals surface area contributed by atoms with Crippen molar-refractivity contribution in [3.63, 3.8) is 0 Å². The van der Waals surface area contributed by atoms with E-state index in [1.165, 1.54) is 19.3 Å². The van der Waals surface area contributed by atoms with E-state index in [-0.39, 0.29) is 0 Å². The molecular weight excluding hydrogens is 302 g/mol. The molecule has 0 radical (unpaired) electrons. The third-order valence-corrected chi connectivity index (χ3v) is 5.27. The van der Waals surface area contributed by atoms with Gasteiger partial charge in [-0.3, -0.25) is 14.7 Å². The number of carbonyl (C=O) groups is 1. The largest absolute Gasteiger partial charge is 0.355 e. The van der Waals surface area contributed by atoms with Crippen LogP contribution in [0.25, 0.3) is 0 Å². The summed E-state index contributed by atoms with van der Waals surface area (Å²) in [4.78, 5) is 23.3. The Kier molecular flexibility index (Phi) is 7.82. The first kappa shape index (κ1) is 19.0. The van der Waals surface area contributed by atoms with Gasteiger partial charge < -0.3 is 15.1 Å². The zero-order valence-electron chi connectivity index (χ0n) is 15.8. The average Bonchev–Trinajstić information content (AvgIpc) is 2.55. The Morgan fingerprint density at radius 1 is 1.25 bits per heavy atom. The van der Waals surface area contributed by atoms with Crippen LogP contribution in [-0.4, -0.2) is 86.5 Å². The third kappa shape index (κ3) is 5.36. The molecule has 0 aromatic rings. The maximum Gasteiger partial charge on any atom is 0.225 e. The minimum Gasteiger partial charge on any atom is -0.355 e. The van der Waals surface area contributed by atoms with Gasteiger partial charge >= 0.3 is 0 Å². The van der Waals surface area contributed by atoms with Crippen molar-refractivity contribution in [2.45, 2.75) is 39.0 Å². The van der Waals surface area contributed by atoms with Crippen LogP contribution in [0.15, 0.2) is 4.99 Å². The van der Waals surface area contributed by atoms with Crippen LogP contribution in [0.4, 0.5) is 0 Å². The quantitative estimate of drug-likeness (QED) is 0.561. The van der Waals surface area contributed by atoms with Crippen LogP contribution in [0.5, 0.6) is 0 Å². The zero-order valence-corrected chi connectivity index (χ0v) is 15.8. The number of rotatable bonds is 7. The van der Waals surface area contributed by atoms with Crippen LogP contribution in [0.2, 0.25) is 0 Å². The number of aliphatic imine (C=N–C) groups is 1. The van der Waals surface area contributed by atoms with Crippen LogP contribution in [0.1, 0.15) is 39.0 Å². The summed E-state index contributed by atoms with van der Waals surface area (Å²) < 4.78 is 0. The molecule has 1 aliphatic carbocycles. The predicted octanol–water partition coefficient (Wildman–Crippen LogP) is 1.24. The Morgan fingerprint density at radius 2 is 1.96 bits per heavy atom. The van der Waals surface area contributed by atoms with Gasteiger partial charge in [0.2, 0.25) is 5.91 Å². The molecule has 1 heterocycles. The number of hydrogen-bond donors (Lipinski definition) is 1. The van der Waals surface area contributed by atoms with Crippen LogP contribution < -0.4 is 5.32 Å². The van der Waals surface area contributed by atoms with E-state index in [2.05, 4.69) is 39.0 Å². The highest BCUT2D eigenvalue weighted by atomic mass is 16.2. The summed E-state index contributed by atoms with van der Waals surface area (Å²) in [5.41, 5.74) is 0. The van der Waals surface area contributed by atoms with Gasteiger partial charge in [0.1, 0.15) is 0 Å². The van der Waals surface area contributed by atoms with Crippen molar-refractivity contribution in [2.75, 3.05) is 59.9 Å². The van der Waals surface area contributed by atoms with E-state index in [0.29, 0.717) is 11.8 Å². The van der Waals surface area contributed by atoms with E-state index in [1.807, 2.05) is 7.05 Å². The summed E-state index contributed by atoms with van der Waals surface area (Å²) in [6, 6.07) is 0. The normalized spacial score (nSPS) is 20.0. The maximum atomic E-state index is 12.3. The molecule has 2 fully saturated rings. The Hall–Kier alpha value is -1.30. The lowest BCUT2D eigenvalue weighted by Crippen LogP contribution is -2.52. The fourth-order valence-corrected chi connectivity index (χ4v) is 3.32. The van der Waals surface area contributed by atoms with Crippen molar-refractivity contribution >= 4 is 11.9 Å². The van der Waals surface area contributed by atoms with Gasteiger partial charge in [0.15, 0.2) is 5.96 Å². The minimum absolute atomic E-state index is 0.334. The number of guanidine groups is 1. The predicted molar refractivity (Wildman–Crippen MR) is 99.3 cm³/mol. The van der Waals surface area contributed by atoms with Gasteiger partial charge in [-0.05, 0) is 19.3 Å². The molecule has 1 saturated heterocycles. The van der Waals surface area contributed by atoms with Crippen LogP contribution in [-0.2, 0) is 4.79 Å². The van der Waals surface area contributed by atoms with Crippen molar-refractivity contribution in [1.29, 1.82) is 0 Å². The van der Waals surface area contributed by atoms with Crippen molar-refractivity contribution in [3.8, 4) is 0 Å². The Balaban J connectivity index is 1.62. The molecule has 0 spiro atoms. The van der Waals surface area contributed by atoms with Gasteiger partial charge in [0.25, 0.3) is 0 Å². The number of nitrogens with one attached hydrogen (secondary N) is 1. The summed E-state index contributed by atoms with van der Waals surface area (Å²) in [6.45, 7) is 8.92. The van der Waals surface area contributed by atoms with Crippen molar-refractivity contribution in [2.24, 2.45) is 10.9 Å². The summed E-state index contributed by atoms with van der Waals surface area (Å²) in [7, 11) is 3.94. The molecule has 0 atom stereocenters. The maximum absolute atomic E-state index is 12.3. The van der Waals surface area contributed by atoms with Gasteiger partial charge in [-0.1, -0.05) is 19.8 Å². The number of piperazine rings is 1. The monoisotopic (exact) mass is 337 g/mol. The van der Waals surface area contributed by atoms with E-state index in [9.17, 15) is 4.79 Å². The summed E-state index contributed by atoms with van der Waals surface area (Å²) >= 11 is 0. The molecule has 1 amide bonds.